The number of nitrogens with one attached hydrogen (secondary N) is 1. The number of hydrogen-bond donors (Lipinski definition) is 1. The topological polar surface area (TPSA) is 44.8 Å². The standard InChI is InChI=1S/C19H31N3O2.2ClH/c1-4-21(5-2)13-14-24-18-10-8-16(9-11-18)19(23)22-12-6-7-17(22)15-20-3;;/h8-11,17,20H,4-7,12-15H2,1-3H3;2*1H. The number of rotatable bonds is 9. The van der Waals surface area contributed by atoms with Gasteiger partial charge in [-0.25, -0.2) is 0 Å². The minimum atomic E-state index is 0. The molecule has 1 unspecified atom stereocenters. The van der Waals surface area contributed by atoms with E-state index in [1.807, 2.05) is 36.2 Å². The lowest BCUT2D eigenvalue weighted by atomic mass is 10.1. The van der Waals surface area contributed by atoms with Gasteiger partial charge in [-0.1, -0.05) is 13.8 Å². The molecule has 1 fully saturated rings. The molecular weight excluding hydrogens is 373 g/mol. The summed E-state index contributed by atoms with van der Waals surface area (Å²) in [7, 11) is 1.94. The number of likely N-dealkylation sites (N-methyl/N-ethyl adjacent to an activating group) is 2. The zero-order valence-electron chi connectivity index (χ0n) is 16.1. The Balaban J connectivity index is 0.00000312. The van der Waals surface area contributed by atoms with Crippen LogP contribution >= 0.6 is 24.8 Å². The third-order valence-corrected chi connectivity index (χ3v) is 4.75. The zero-order valence-corrected chi connectivity index (χ0v) is 17.7. The lowest BCUT2D eigenvalue weighted by Crippen LogP contribution is -2.40. The maximum Gasteiger partial charge on any atom is 0.254 e. The van der Waals surface area contributed by atoms with E-state index < -0.39 is 0 Å². The first kappa shape index (κ1) is 25.0. The van der Waals surface area contributed by atoms with Gasteiger partial charge in [0, 0.05) is 31.2 Å². The third kappa shape index (κ3) is 6.95. The third-order valence-electron chi connectivity index (χ3n) is 4.75. The van der Waals surface area contributed by atoms with E-state index >= 15 is 0 Å². The van der Waals surface area contributed by atoms with Crippen LogP contribution in [0.5, 0.6) is 5.75 Å². The van der Waals surface area contributed by atoms with Gasteiger partial charge in [0.2, 0.25) is 0 Å². The molecule has 1 heterocycles. The summed E-state index contributed by atoms with van der Waals surface area (Å²) in [4.78, 5) is 17.0. The Morgan fingerprint density at radius 2 is 1.88 bits per heavy atom. The Morgan fingerprint density at radius 3 is 2.46 bits per heavy atom. The van der Waals surface area contributed by atoms with Gasteiger partial charge in [0.25, 0.3) is 5.91 Å². The van der Waals surface area contributed by atoms with Gasteiger partial charge in [-0.2, -0.15) is 0 Å². The highest BCUT2D eigenvalue weighted by molar-refractivity contribution is 5.94. The van der Waals surface area contributed by atoms with Crippen LogP contribution in [0.3, 0.4) is 0 Å². The number of nitrogens with zero attached hydrogens (tertiary/aromatic N) is 2. The van der Waals surface area contributed by atoms with E-state index in [4.69, 9.17) is 4.74 Å². The molecule has 0 aromatic heterocycles. The van der Waals surface area contributed by atoms with Gasteiger partial charge < -0.3 is 19.9 Å². The van der Waals surface area contributed by atoms with Crippen molar-refractivity contribution in [1.82, 2.24) is 15.1 Å². The van der Waals surface area contributed by atoms with Crippen LogP contribution in [0.25, 0.3) is 0 Å². The summed E-state index contributed by atoms with van der Waals surface area (Å²) >= 11 is 0. The van der Waals surface area contributed by atoms with Crippen LogP contribution in [0.4, 0.5) is 0 Å². The Labute approximate surface area is 170 Å². The van der Waals surface area contributed by atoms with Crippen LogP contribution in [0.2, 0.25) is 0 Å². The summed E-state index contributed by atoms with van der Waals surface area (Å²) in [6.07, 6.45) is 2.17. The lowest BCUT2D eigenvalue weighted by molar-refractivity contribution is 0.0737. The van der Waals surface area contributed by atoms with Crippen LogP contribution in [0, 0.1) is 0 Å². The minimum absolute atomic E-state index is 0. The smallest absolute Gasteiger partial charge is 0.254 e. The van der Waals surface area contributed by atoms with Crippen molar-refractivity contribution in [3.05, 3.63) is 29.8 Å². The van der Waals surface area contributed by atoms with Crippen LogP contribution in [0.1, 0.15) is 37.0 Å². The van der Waals surface area contributed by atoms with Gasteiger partial charge in [0.1, 0.15) is 12.4 Å². The second kappa shape index (κ2) is 13.2. The largest absolute Gasteiger partial charge is 0.492 e. The average molecular weight is 406 g/mol. The number of carbonyl (C=O) groups excluding carboxylic acids is 1. The Kier molecular flexibility index (Phi) is 12.7. The normalized spacial score (nSPS) is 16.2. The highest BCUT2D eigenvalue weighted by Gasteiger charge is 2.28. The summed E-state index contributed by atoms with van der Waals surface area (Å²) in [6.45, 7) is 9.70. The molecule has 2 rings (SSSR count). The van der Waals surface area contributed by atoms with Gasteiger partial charge >= 0.3 is 0 Å². The summed E-state index contributed by atoms with van der Waals surface area (Å²) in [5.74, 6) is 0.953. The molecular formula is C19H33Cl2N3O2. The zero-order chi connectivity index (χ0) is 17.4. The maximum atomic E-state index is 12.7. The van der Waals surface area contributed by atoms with E-state index in [9.17, 15) is 4.79 Å². The summed E-state index contributed by atoms with van der Waals surface area (Å²) in [5.41, 5.74) is 0.745. The monoisotopic (exact) mass is 405 g/mol. The van der Waals surface area contributed by atoms with Crippen LogP contribution in [-0.2, 0) is 0 Å². The first-order valence-electron chi connectivity index (χ1n) is 9.10. The Bertz CT molecular complexity index is 510. The molecule has 1 saturated heterocycles. The molecule has 1 amide bonds. The van der Waals surface area contributed by atoms with Crippen molar-refractivity contribution in [3.63, 3.8) is 0 Å². The molecule has 150 valence electrons. The van der Waals surface area contributed by atoms with E-state index in [0.717, 1.165) is 56.9 Å². The molecule has 26 heavy (non-hydrogen) atoms. The molecule has 0 aliphatic carbocycles. The molecule has 1 atom stereocenters. The first-order valence-corrected chi connectivity index (χ1v) is 9.10. The molecule has 0 radical (unpaired) electrons. The number of likely N-dealkylation sites (tertiary alicyclic amines) is 1. The van der Waals surface area contributed by atoms with Crippen molar-refractivity contribution in [2.45, 2.75) is 32.7 Å². The molecule has 1 aromatic rings. The minimum Gasteiger partial charge on any atom is -0.492 e. The number of benzene rings is 1. The fraction of sp³-hybridized carbons (Fsp3) is 0.632. The number of ether oxygens (including phenoxy) is 1. The fourth-order valence-corrected chi connectivity index (χ4v) is 3.24. The van der Waals surface area contributed by atoms with Crippen molar-refractivity contribution in [2.24, 2.45) is 0 Å². The summed E-state index contributed by atoms with van der Waals surface area (Å²) < 4.78 is 5.78. The first-order chi connectivity index (χ1) is 11.7. The molecule has 7 heteroatoms. The molecule has 1 N–H and O–H groups in total. The Morgan fingerprint density at radius 1 is 1.23 bits per heavy atom. The van der Waals surface area contributed by atoms with Crippen molar-refractivity contribution in [3.8, 4) is 5.75 Å². The van der Waals surface area contributed by atoms with Crippen LogP contribution in [-0.4, -0.2) is 68.1 Å². The van der Waals surface area contributed by atoms with Gasteiger partial charge in [-0.05, 0) is 57.2 Å². The quantitative estimate of drug-likeness (QED) is 0.685. The van der Waals surface area contributed by atoms with Gasteiger partial charge in [-0.15, -0.1) is 24.8 Å². The molecule has 5 nitrogen and oxygen atoms in total. The summed E-state index contributed by atoms with van der Waals surface area (Å²) in [6, 6.07) is 7.87. The van der Waals surface area contributed by atoms with Gasteiger partial charge in [0.05, 0.1) is 0 Å². The van der Waals surface area contributed by atoms with Gasteiger partial charge in [0.15, 0.2) is 0 Å². The van der Waals surface area contributed by atoms with Gasteiger partial charge in [-0.3, -0.25) is 4.79 Å². The van der Waals surface area contributed by atoms with Crippen molar-refractivity contribution in [1.29, 1.82) is 0 Å². The van der Waals surface area contributed by atoms with E-state index in [-0.39, 0.29) is 30.7 Å². The second-order valence-electron chi connectivity index (χ2n) is 6.25. The number of halogens is 2. The van der Waals surface area contributed by atoms with Crippen molar-refractivity contribution >= 4 is 30.7 Å². The molecule has 0 bridgehead atoms. The highest BCUT2D eigenvalue weighted by atomic mass is 35.5. The molecule has 0 saturated carbocycles. The molecule has 1 aliphatic heterocycles. The summed E-state index contributed by atoms with van der Waals surface area (Å²) in [5, 5.41) is 3.18. The number of amides is 1. The molecule has 0 spiro atoms. The SMILES string of the molecule is CCN(CC)CCOc1ccc(C(=O)N2CCCC2CNC)cc1.Cl.Cl. The fourth-order valence-electron chi connectivity index (χ4n) is 3.24. The second-order valence-corrected chi connectivity index (χ2v) is 6.25. The Hall–Kier alpha value is -1.01. The van der Waals surface area contributed by atoms with Crippen LogP contribution in [0.15, 0.2) is 24.3 Å². The number of carbonyl (C=O) groups is 1. The van der Waals surface area contributed by atoms with E-state index in [2.05, 4.69) is 24.1 Å². The van der Waals surface area contributed by atoms with E-state index in [0.29, 0.717) is 12.6 Å². The van der Waals surface area contributed by atoms with Crippen LogP contribution < -0.4 is 10.1 Å². The maximum absolute atomic E-state index is 12.7. The predicted molar refractivity (Wildman–Crippen MR) is 112 cm³/mol. The molecule has 1 aliphatic rings. The van der Waals surface area contributed by atoms with Crippen molar-refractivity contribution in [2.75, 3.05) is 46.4 Å². The van der Waals surface area contributed by atoms with E-state index in [1.54, 1.807) is 0 Å². The highest BCUT2D eigenvalue weighted by Crippen LogP contribution is 2.21. The average Bonchev–Trinajstić information content (AvgIpc) is 3.07. The van der Waals surface area contributed by atoms with Crippen molar-refractivity contribution < 1.29 is 9.53 Å². The van der Waals surface area contributed by atoms with E-state index in [1.165, 1.54) is 0 Å². The lowest BCUT2D eigenvalue weighted by Gasteiger charge is -2.24. The predicted octanol–water partition coefficient (Wildman–Crippen LogP) is 3.07. The number of hydrogen-bond acceptors (Lipinski definition) is 4. The molecule has 1 aromatic carbocycles.